The number of nitrogens with zero attached hydrogens (tertiary/aromatic N) is 2. The fourth-order valence-corrected chi connectivity index (χ4v) is 2.32. The minimum Gasteiger partial charge on any atom is -0.496 e. The topological polar surface area (TPSA) is 65.1 Å². The van der Waals surface area contributed by atoms with Crippen LogP contribution >= 0.6 is 0 Å². The molecule has 1 heterocycles. The van der Waals surface area contributed by atoms with E-state index in [1.807, 2.05) is 30.8 Å². The van der Waals surface area contributed by atoms with Crippen molar-refractivity contribution < 1.29 is 4.74 Å². The lowest BCUT2D eigenvalue weighted by molar-refractivity contribution is 0.411. The van der Waals surface area contributed by atoms with E-state index in [4.69, 9.17) is 10.6 Å². The van der Waals surface area contributed by atoms with Crippen LogP contribution in [0.15, 0.2) is 24.7 Å². The van der Waals surface area contributed by atoms with Crippen LogP contribution in [0.1, 0.15) is 28.4 Å². The highest BCUT2D eigenvalue weighted by Gasteiger charge is 2.19. The number of methoxy groups -OCH3 is 1. The zero-order valence-corrected chi connectivity index (χ0v) is 11.8. The minimum atomic E-state index is -0.0860. The summed E-state index contributed by atoms with van der Waals surface area (Å²) in [5.41, 5.74) is 7.24. The molecule has 0 aliphatic carbocycles. The molecule has 0 aliphatic heterocycles. The summed E-state index contributed by atoms with van der Waals surface area (Å²) in [6.45, 7) is 4.08. The number of hydrogen-bond acceptors (Lipinski definition) is 4. The summed E-state index contributed by atoms with van der Waals surface area (Å²) in [5.74, 6) is 6.62. The average Bonchev–Trinajstić information content (AvgIpc) is 2.80. The van der Waals surface area contributed by atoms with Gasteiger partial charge in [0.25, 0.3) is 0 Å². The third kappa shape index (κ3) is 2.47. The number of aromatic nitrogens is 2. The van der Waals surface area contributed by atoms with Crippen molar-refractivity contribution in [2.24, 2.45) is 12.9 Å². The van der Waals surface area contributed by atoms with Gasteiger partial charge in [0.05, 0.1) is 31.4 Å². The van der Waals surface area contributed by atoms with Crippen molar-refractivity contribution in [3.05, 3.63) is 47.0 Å². The maximum atomic E-state index is 5.73. The molecule has 0 spiro atoms. The second-order valence-electron chi connectivity index (χ2n) is 4.71. The quantitative estimate of drug-likeness (QED) is 0.647. The van der Waals surface area contributed by atoms with E-state index in [0.717, 1.165) is 28.1 Å². The summed E-state index contributed by atoms with van der Waals surface area (Å²) in [6, 6.07) is 4.05. The van der Waals surface area contributed by atoms with E-state index in [1.165, 1.54) is 0 Å². The molecule has 1 atom stereocenters. The van der Waals surface area contributed by atoms with E-state index in [0.29, 0.717) is 0 Å². The second kappa shape index (κ2) is 5.42. The van der Waals surface area contributed by atoms with Crippen LogP contribution in [-0.4, -0.2) is 16.7 Å². The number of nitrogens with one attached hydrogen (secondary N) is 1. The minimum absolute atomic E-state index is 0.0860. The lowest BCUT2D eigenvalue weighted by Crippen LogP contribution is -2.30. The van der Waals surface area contributed by atoms with E-state index in [9.17, 15) is 0 Å². The largest absolute Gasteiger partial charge is 0.496 e. The predicted octanol–water partition coefficient (Wildman–Crippen LogP) is 1.60. The number of imidazole rings is 1. The predicted molar refractivity (Wildman–Crippen MR) is 74.8 cm³/mol. The van der Waals surface area contributed by atoms with Crippen LogP contribution in [0.2, 0.25) is 0 Å². The van der Waals surface area contributed by atoms with Crippen LogP contribution in [0.25, 0.3) is 0 Å². The van der Waals surface area contributed by atoms with Crippen LogP contribution in [0.4, 0.5) is 0 Å². The van der Waals surface area contributed by atoms with Gasteiger partial charge in [-0.05, 0) is 36.6 Å². The Morgan fingerprint density at radius 2 is 2.05 bits per heavy atom. The van der Waals surface area contributed by atoms with Gasteiger partial charge < -0.3 is 9.30 Å². The monoisotopic (exact) mass is 260 g/mol. The van der Waals surface area contributed by atoms with Crippen LogP contribution in [0.5, 0.6) is 5.75 Å². The lowest BCUT2D eigenvalue weighted by atomic mass is 9.96. The maximum absolute atomic E-state index is 5.73. The van der Waals surface area contributed by atoms with Crippen molar-refractivity contribution in [3.63, 3.8) is 0 Å². The Kier molecular flexibility index (Phi) is 3.87. The van der Waals surface area contributed by atoms with Gasteiger partial charge in [0.2, 0.25) is 0 Å². The number of benzene rings is 1. The molecular weight excluding hydrogens is 240 g/mol. The molecule has 1 aromatic carbocycles. The fourth-order valence-electron chi connectivity index (χ4n) is 2.32. The molecule has 0 radical (unpaired) electrons. The summed E-state index contributed by atoms with van der Waals surface area (Å²) >= 11 is 0. The second-order valence-corrected chi connectivity index (χ2v) is 4.71. The summed E-state index contributed by atoms with van der Waals surface area (Å²) in [5, 5.41) is 0. The number of nitrogens with two attached hydrogens (primary N) is 1. The van der Waals surface area contributed by atoms with Gasteiger partial charge in [-0.1, -0.05) is 6.07 Å². The zero-order valence-electron chi connectivity index (χ0n) is 11.8. The number of hydrazine groups is 1. The number of aryl methyl sites for hydroxylation is 3. The van der Waals surface area contributed by atoms with Gasteiger partial charge in [-0.15, -0.1) is 0 Å². The Morgan fingerprint density at radius 3 is 2.58 bits per heavy atom. The fraction of sp³-hybridized carbons (Fsp3) is 0.357. The smallest absolute Gasteiger partial charge is 0.122 e. The van der Waals surface area contributed by atoms with Crippen molar-refractivity contribution in [2.75, 3.05) is 7.11 Å². The van der Waals surface area contributed by atoms with Gasteiger partial charge in [0.1, 0.15) is 5.75 Å². The van der Waals surface area contributed by atoms with Gasteiger partial charge in [0, 0.05) is 7.05 Å². The Hall–Kier alpha value is -1.85. The lowest BCUT2D eigenvalue weighted by Gasteiger charge is -2.20. The van der Waals surface area contributed by atoms with Crippen molar-refractivity contribution in [1.29, 1.82) is 0 Å². The van der Waals surface area contributed by atoms with Crippen LogP contribution < -0.4 is 16.0 Å². The van der Waals surface area contributed by atoms with E-state index in [2.05, 4.69) is 23.4 Å². The van der Waals surface area contributed by atoms with E-state index in [1.54, 1.807) is 13.4 Å². The van der Waals surface area contributed by atoms with Gasteiger partial charge in [-0.3, -0.25) is 5.84 Å². The summed E-state index contributed by atoms with van der Waals surface area (Å²) < 4.78 is 7.30. The molecule has 2 aromatic rings. The van der Waals surface area contributed by atoms with Gasteiger partial charge in [0.15, 0.2) is 0 Å². The highest BCUT2D eigenvalue weighted by atomic mass is 16.5. The zero-order chi connectivity index (χ0) is 14.0. The first-order valence-corrected chi connectivity index (χ1v) is 6.16. The molecule has 0 aliphatic rings. The Morgan fingerprint density at radius 1 is 1.32 bits per heavy atom. The molecular formula is C14H20N4O. The van der Waals surface area contributed by atoms with Gasteiger partial charge in [-0.2, -0.15) is 0 Å². The molecule has 1 unspecified atom stereocenters. The van der Waals surface area contributed by atoms with Crippen LogP contribution in [0, 0.1) is 13.8 Å². The first-order valence-electron chi connectivity index (χ1n) is 6.16. The molecule has 19 heavy (non-hydrogen) atoms. The van der Waals surface area contributed by atoms with Crippen molar-refractivity contribution in [2.45, 2.75) is 19.9 Å². The maximum Gasteiger partial charge on any atom is 0.122 e. The van der Waals surface area contributed by atoms with Gasteiger partial charge >= 0.3 is 0 Å². The summed E-state index contributed by atoms with van der Waals surface area (Å²) in [4.78, 5) is 4.14. The third-order valence-electron chi connectivity index (χ3n) is 3.41. The number of ether oxygens (including phenoxy) is 1. The Balaban J connectivity index is 2.50. The van der Waals surface area contributed by atoms with Crippen LogP contribution in [0.3, 0.4) is 0 Å². The molecule has 3 N–H and O–H groups in total. The van der Waals surface area contributed by atoms with Gasteiger partial charge in [-0.25, -0.2) is 10.4 Å². The molecule has 102 valence electrons. The van der Waals surface area contributed by atoms with E-state index in [-0.39, 0.29) is 6.04 Å². The average molecular weight is 260 g/mol. The summed E-state index contributed by atoms with van der Waals surface area (Å²) in [7, 11) is 3.64. The van der Waals surface area contributed by atoms with Crippen LogP contribution in [-0.2, 0) is 7.05 Å². The Labute approximate surface area is 113 Å². The SMILES string of the molecule is COc1cc(C)c(C(NN)c2cncn2C)cc1C. The summed E-state index contributed by atoms with van der Waals surface area (Å²) in [6.07, 6.45) is 3.59. The molecule has 0 amide bonds. The normalized spacial score (nSPS) is 12.5. The van der Waals surface area contributed by atoms with E-state index >= 15 is 0 Å². The molecule has 2 rings (SSSR count). The molecule has 1 aromatic heterocycles. The molecule has 5 heteroatoms. The number of hydrogen-bond donors (Lipinski definition) is 2. The first-order chi connectivity index (χ1) is 9.08. The molecule has 0 saturated heterocycles. The molecule has 0 fully saturated rings. The third-order valence-corrected chi connectivity index (χ3v) is 3.41. The highest BCUT2D eigenvalue weighted by molar-refractivity contribution is 5.44. The molecule has 0 saturated carbocycles. The highest BCUT2D eigenvalue weighted by Crippen LogP contribution is 2.29. The van der Waals surface area contributed by atoms with Crippen molar-refractivity contribution in [3.8, 4) is 5.75 Å². The molecule has 0 bridgehead atoms. The number of rotatable bonds is 4. The standard InChI is InChI=1S/C14H20N4O/c1-9-6-13(19-4)10(2)5-11(9)14(17-15)12-7-16-8-18(12)3/h5-8,14,17H,15H2,1-4H3. The van der Waals surface area contributed by atoms with E-state index < -0.39 is 0 Å². The Bertz CT molecular complexity index is 577. The van der Waals surface area contributed by atoms with Crippen molar-refractivity contribution in [1.82, 2.24) is 15.0 Å². The molecule has 5 nitrogen and oxygen atoms in total. The van der Waals surface area contributed by atoms with Crippen molar-refractivity contribution >= 4 is 0 Å². The first kappa shape index (κ1) is 13.6.